The van der Waals surface area contributed by atoms with Crippen molar-refractivity contribution >= 4 is 5.97 Å². The molecule has 0 fully saturated rings. The van der Waals surface area contributed by atoms with E-state index >= 15 is 0 Å². The van der Waals surface area contributed by atoms with Crippen LogP contribution in [0, 0.1) is 0 Å². The van der Waals surface area contributed by atoms with Crippen LogP contribution in [-0.2, 0) is 9.53 Å². The van der Waals surface area contributed by atoms with E-state index in [-0.39, 0.29) is 5.57 Å². The van der Waals surface area contributed by atoms with Gasteiger partial charge in [-0.25, -0.2) is 4.79 Å². The van der Waals surface area contributed by atoms with Crippen LogP contribution in [0.3, 0.4) is 0 Å². The topological polar surface area (TPSA) is 87.0 Å². The van der Waals surface area contributed by atoms with Crippen LogP contribution in [0.25, 0.3) is 0 Å². The molecule has 0 aromatic rings. The maximum Gasteiger partial charge on any atom is 0.330 e. The van der Waals surface area contributed by atoms with Crippen molar-refractivity contribution in [3.63, 3.8) is 0 Å². The van der Waals surface area contributed by atoms with Gasteiger partial charge in [0, 0.05) is 19.3 Å². The van der Waals surface area contributed by atoms with Crippen LogP contribution in [0.2, 0.25) is 0 Å². The minimum absolute atomic E-state index is 0.176. The Balaban J connectivity index is 0. The van der Waals surface area contributed by atoms with Crippen LogP contribution in [0.1, 0.15) is 77.6 Å². The van der Waals surface area contributed by atoms with E-state index in [0.717, 1.165) is 19.3 Å². The Morgan fingerprint density at radius 2 is 1.30 bits per heavy atom. The zero-order valence-electron chi connectivity index (χ0n) is 14.9. The van der Waals surface area contributed by atoms with E-state index in [1.54, 1.807) is 7.11 Å². The Labute approximate surface area is 141 Å². The molecule has 0 aliphatic heterocycles. The predicted octanol–water partition coefficient (Wildman–Crippen LogP) is 3.88. The molecule has 0 rings (SSSR count). The van der Waals surface area contributed by atoms with Gasteiger partial charge in [0.2, 0.25) is 0 Å². The third kappa shape index (κ3) is 23.5. The van der Waals surface area contributed by atoms with Gasteiger partial charge in [-0.2, -0.15) is 0 Å². The van der Waals surface area contributed by atoms with E-state index in [9.17, 15) is 4.79 Å². The van der Waals surface area contributed by atoms with Crippen molar-refractivity contribution in [2.24, 2.45) is 0 Å². The quantitative estimate of drug-likeness (QED) is 0.255. The van der Waals surface area contributed by atoms with Crippen LogP contribution < -0.4 is 0 Å². The smallest absolute Gasteiger partial charge is 0.330 e. The summed E-state index contributed by atoms with van der Waals surface area (Å²) >= 11 is 0. The van der Waals surface area contributed by atoms with Gasteiger partial charge in [0.1, 0.15) is 0 Å². The summed E-state index contributed by atoms with van der Waals surface area (Å²) in [6, 6.07) is 0. The second-order valence-corrected chi connectivity index (χ2v) is 5.82. The largest absolute Gasteiger partial charge is 0.478 e. The lowest BCUT2D eigenvalue weighted by molar-refractivity contribution is -0.132. The van der Waals surface area contributed by atoms with E-state index in [0.29, 0.717) is 6.61 Å². The number of hydrogen-bond donors (Lipinski definition) is 3. The number of unbranched alkanes of at least 4 members (excludes halogenated alkanes) is 9. The first-order valence-corrected chi connectivity index (χ1v) is 8.66. The first-order valence-electron chi connectivity index (χ1n) is 8.66. The minimum atomic E-state index is -0.935. The summed E-state index contributed by atoms with van der Waals surface area (Å²) in [4.78, 5) is 9.60. The van der Waals surface area contributed by atoms with E-state index in [1.165, 1.54) is 58.3 Å². The maximum atomic E-state index is 9.60. The zero-order valence-corrected chi connectivity index (χ0v) is 14.9. The standard InChI is InChI=1S/C14H30O3.C4H6O2/c1-17-14(16)12-10-8-6-4-2-3-5-7-9-11-13-15;1-3(2)4(5)6/h14-16H,2-13H2,1H3;1H2,2H3,(H,5,6). The molecule has 0 amide bonds. The number of methoxy groups -OCH3 is 1. The molecule has 0 saturated heterocycles. The molecule has 0 aliphatic carbocycles. The molecular formula is C18H36O5. The first kappa shape index (κ1) is 24.3. The number of carboxylic acids is 1. The zero-order chi connectivity index (χ0) is 17.9. The van der Waals surface area contributed by atoms with Gasteiger partial charge in [-0.05, 0) is 26.2 Å². The summed E-state index contributed by atoms with van der Waals surface area (Å²) < 4.78 is 4.78. The fourth-order valence-corrected chi connectivity index (χ4v) is 1.96. The highest BCUT2D eigenvalue weighted by Crippen LogP contribution is 2.12. The number of aliphatic hydroxyl groups is 2. The molecule has 1 unspecified atom stereocenters. The summed E-state index contributed by atoms with van der Waals surface area (Å²) in [6.45, 7) is 4.94. The van der Waals surface area contributed by atoms with E-state index in [2.05, 4.69) is 6.58 Å². The molecular weight excluding hydrogens is 296 g/mol. The minimum Gasteiger partial charge on any atom is -0.478 e. The fraction of sp³-hybridized carbons (Fsp3) is 0.833. The van der Waals surface area contributed by atoms with Gasteiger partial charge in [-0.3, -0.25) is 0 Å². The van der Waals surface area contributed by atoms with Crippen LogP contribution >= 0.6 is 0 Å². The highest BCUT2D eigenvalue weighted by atomic mass is 16.6. The molecule has 5 nitrogen and oxygen atoms in total. The molecule has 0 bridgehead atoms. The van der Waals surface area contributed by atoms with Gasteiger partial charge in [0.25, 0.3) is 0 Å². The van der Waals surface area contributed by atoms with Gasteiger partial charge in [0.15, 0.2) is 6.29 Å². The maximum absolute atomic E-state index is 9.60. The summed E-state index contributed by atoms with van der Waals surface area (Å²) in [5.41, 5.74) is 0.176. The number of carboxylic acid groups (broad SMARTS) is 1. The van der Waals surface area contributed by atoms with Gasteiger partial charge in [0.05, 0.1) is 0 Å². The van der Waals surface area contributed by atoms with Gasteiger partial charge in [-0.1, -0.05) is 57.9 Å². The SMILES string of the molecule is C=C(C)C(=O)O.COC(O)CCCCCCCCCCCCO. The monoisotopic (exact) mass is 332 g/mol. The molecule has 0 heterocycles. The summed E-state index contributed by atoms with van der Waals surface area (Å²) in [6.07, 6.45) is 12.4. The first-order chi connectivity index (χ1) is 11.0. The van der Waals surface area contributed by atoms with Crippen molar-refractivity contribution in [1.29, 1.82) is 0 Å². The third-order valence-corrected chi connectivity index (χ3v) is 3.50. The fourth-order valence-electron chi connectivity index (χ4n) is 1.96. The average Bonchev–Trinajstić information content (AvgIpc) is 2.52. The summed E-state index contributed by atoms with van der Waals surface area (Å²) in [7, 11) is 1.54. The normalized spacial score (nSPS) is 11.5. The molecule has 0 spiro atoms. The third-order valence-electron chi connectivity index (χ3n) is 3.50. The lowest BCUT2D eigenvalue weighted by Crippen LogP contribution is -2.07. The summed E-state index contributed by atoms with van der Waals surface area (Å²) in [5.74, 6) is -0.935. The number of hydrogen-bond acceptors (Lipinski definition) is 4. The van der Waals surface area contributed by atoms with Gasteiger partial charge < -0.3 is 20.1 Å². The van der Waals surface area contributed by atoms with Crippen LogP contribution in [0.15, 0.2) is 12.2 Å². The highest BCUT2D eigenvalue weighted by molar-refractivity contribution is 5.84. The summed E-state index contributed by atoms with van der Waals surface area (Å²) in [5, 5.41) is 25.7. The lowest BCUT2D eigenvalue weighted by Gasteiger charge is -2.07. The molecule has 138 valence electrons. The predicted molar refractivity (Wildman–Crippen MR) is 93.3 cm³/mol. The second kappa shape index (κ2) is 19.1. The molecule has 3 N–H and O–H groups in total. The Morgan fingerprint density at radius 3 is 1.61 bits per heavy atom. The Morgan fingerprint density at radius 1 is 0.957 bits per heavy atom. The Kier molecular flexibility index (Phi) is 20.3. The van der Waals surface area contributed by atoms with Crippen molar-refractivity contribution in [2.45, 2.75) is 83.8 Å². The van der Waals surface area contributed by atoms with E-state index < -0.39 is 12.3 Å². The molecule has 0 radical (unpaired) electrons. The molecule has 1 atom stereocenters. The second-order valence-electron chi connectivity index (χ2n) is 5.82. The number of carbonyl (C=O) groups is 1. The Bertz CT molecular complexity index is 267. The molecule has 0 aliphatic rings. The van der Waals surface area contributed by atoms with Crippen molar-refractivity contribution in [2.75, 3.05) is 13.7 Å². The number of rotatable bonds is 14. The molecule has 23 heavy (non-hydrogen) atoms. The highest BCUT2D eigenvalue weighted by Gasteiger charge is 1.99. The number of aliphatic hydroxyl groups excluding tert-OH is 2. The van der Waals surface area contributed by atoms with Crippen LogP contribution in [0.4, 0.5) is 0 Å². The molecule has 0 aromatic heterocycles. The molecule has 0 aromatic carbocycles. The Hall–Kier alpha value is -0.910. The van der Waals surface area contributed by atoms with Gasteiger partial charge >= 0.3 is 5.97 Å². The molecule has 5 heteroatoms. The van der Waals surface area contributed by atoms with Gasteiger partial charge in [-0.15, -0.1) is 0 Å². The van der Waals surface area contributed by atoms with Crippen LogP contribution in [-0.4, -0.2) is 41.3 Å². The van der Waals surface area contributed by atoms with Crippen molar-refractivity contribution in [3.8, 4) is 0 Å². The van der Waals surface area contributed by atoms with Crippen molar-refractivity contribution in [3.05, 3.63) is 12.2 Å². The van der Waals surface area contributed by atoms with Crippen molar-refractivity contribution in [1.82, 2.24) is 0 Å². The van der Waals surface area contributed by atoms with E-state index in [1.807, 2.05) is 0 Å². The number of ether oxygens (including phenoxy) is 1. The van der Waals surface area contributed by atoms with E-state index in [4.69, 9.17) is 20.1 Å². The van der Waals surface area contributed by atoms with Crippen LogP contribution in [0.5, 0.6) is 0 Å². The average molecular weight is 332 g/mol. The number of aliphatic carboxylic acids is 1. The van der Waals surface area contributed by atoms with Crippen molar-refractivity contribution < 1.29 is 24.9 Å². The lowest BCUT2D eigenvalue weighted by atomic mass is 10.1. The molecule has 0 saturated carbocycles.